The molecule has 4 nitrogen and oxygen atoms in total. The summed E-state index contributed by atoms with van der Waals surface area (Å²) < 4.78 is 24.7. The Bertz CT molecular complexity index is 220. The van der Waals surface area contributed by atoms with Gasteiger partial charge in [-0.05, 0) is 12.8 Å². The normalized spacial score (nSPS) is 21.1. The summed E-state index contributed by atoms with van der Waals surface area (Å²) in [6.07, 6.45) is 5.38. The van der Waals surface area contributed by atoms with Crippen LogP contribution in [0.1, 0.15) is 32.1 Å². The predicted octanol–water partition coefficient (Wildman–Crippen LogP) is 0.155. The molecule has 0 bridgehead atoms. The van der Waals surface area contributed by atoms with E-state index < -0.39 is 10.0 Å². The van der Waals surface area contributed by atoms with Gasteiger partial charge in [-0.3, -0.25) is 0 Å². The minimum atomic E-state index is -3.19. The van der Waals surface area contributed by atoms with Crippen LogP contribution in [0, 0.1) is 0 Å². The highest BCUT2D eigenvalue weighted by Gasteiger charge is 2.18. The van der Waals surface area contributed by atoms with Crippen molar-refractivity contribution in [2.75, 3.05) is 5.88 Å². The second kappa shape index (κ2) is 4.20. The summed E-state index contributed by atoms with van der Waals surface area (Å²) in [5.41, 5.74) is 5.07. The van der Waals surface area contributed by atoms with Gasteiger partial charge in [-0.1, -0.05) is 19.3 Å². The van der Waals surface area contributed by atoms with Crippen LogP contribution in [0.2, 0.25) is 0 Å². The average Bonchev–Trinajstić information content (AvgIpc) is 2.06. The van der Waals surface area contributed by atoms with Crippen molar-refractivity contribution in [3.05, 3.63) is 0 Å². The third kappa shape index (κ3) is 3.08. The first-order chi connectivity index (χ1) is 5.64. The SMILES string of the molecule is NCS(=O)(=O)NC1CCCCC1. The van der Waals surface area contributed by atoms with E-state index in [1.807, 2.05) is 0 Å². The van der Waals surface area contributed by atoms with Crippen molar-refractivity contribution in [3.8, 4) is 0 Å². The van der Waals surface area contributed by atoms with E-state index in [1.54, 1.807) is 0 Å². The van der Waals surface area contributed by atoms with E-state index in [1.165, 1.54) is 6.42 Å². The molecular weight excluding hydrogens is 176 g/mol. The summed E-state index contributed by atoms with van der Waals surface area (Å²) in [5.74, 6) is -0.302. The summed E-state index contributed by atoms with van der Waals surface area (Å²) in [5, 5.41) is 0. The molecule has 1 fully saturated rings. The second-order valence-corrected chi connectivity index (χ2v) is 5.03. The van der Waals surface area contributed by atoms with Gasteiger partial charge in [-0.25, -0.2) is 13.1 Å². The molecule has 0 radical (unpaired) electrons. The molecule has 0 aromatic heterocycles. The lowest BCUT2D eigenvalue weighted by Crippen LogP contribution is -2.39. The summed E-state index contributed by atoms with van der Waals surface area (Å²) in [6.45, 7) is 0. The van der Waals surface area contributed by atoms with Crippen LogP contribution in [0.3, 0.4) is 0 Å². The van der Waals surface area contributed by atoms with Gasteiger partial charge in [0.1, 0.15) is 5.88 Å². The molecule has 1 aliphatic carbocycles. The summed E-state index contributed by atoms with van der Waals surface area (Å²) in [7, 11) is -3.19. The zero-order valence-corrected chi connectivity index (χ0v) is 7.94. The summed E-state index contributed by atoms with van der Waals surface area (Å²) >= 11 is 0. The Hall–Kier alpha value is -0.130. The van der Waals surface area contributed by atoms with E-state index in [0.29, 0.717) is 0 Å². The van der Waals surface area contributed by atoms with Crippen molar-refractivity contribution in [2.24, 2.45) is 5.73 Å². The third-order valence-corrected chi connectivity index (χ3v) is 3.30. The number of rotatable bonds is 3. The zero-order chi connectivity index (χ0) is 9.03. The van der Waals surface area contributed by atoms with Crippen molar-refractivity contribution in [2.45, 2.75) is 38.1 Å². The number of nitrogens with one attached hydrogen (secondary N) is 1. The Labute approximate surface area is 73.6 Å². The van der Waals surface area contributed by atoms with Crippen molar-refractivity contribution in [3.63, 3.8) is 0 Å². The number of sulfonamides is 1. The third-order valence-electron chi connectivity index (χ3n) is 2.17. The fourth-order valence-corrected chi connectivity index (χ4v) is 2.36. The van der Waals surface area contributed by atoms with E-state index in [0.717, 1.165) is 25.7 Å². The lowest BCUT2D eigenvalue weighted by molar-refractivity contribution is 0.412. The molecule has 5 heteroatoms. The Morgan fingerprint density at radius 1 is 1.25 bits per heavy atom. The molecule has 0 heterocycles. The molecule has 0 aliphatic heterocycles. The van der Waals surface area contributed by atoms with Crippen molar-refractivity contribution >= 4 is 10.0 Å². The highest BCUT2D eigenvalue weighted by molar-refractivity contribution is 7.89. The number of hydrogen-bond donors (Lipinski definition) is 2. The van der Waals surface area contributed by atoms with Gasteiger partial charge in [-0.15, -0.1) is 0 Å². The van der Waals surface area contributed by atoms with E-state index in [9.17, 15) is 8.42 Å². The molecule has 72 valence electrons. The van der Waals surface area contributed by atoms with Crippen LogP contribution in [0.15, 0.2) is 0 Å². The zero-order valence-electron chi connectivity index (χ0n) is 7.12. The van der Waals surface area contributed by atoms with Gasteiger partial charge in [0.05, 0.1) is 0 Å². The lowest BCUT2D eigenvalue weighted by Gasteiger charge is -2.21. The molecular formula is C7H16N2O2S. The van der Waals surface area contributed by atoms with Crippen LogP contribution in [-0.4, -0.2) is 20.3 Å². The molecule has 12 heavy (non-hydrogen) atoms. The van der Waals surface area contributed by atoms with Gasteiger partial charge in [0.25, 0.3) is 0 Å². The Morgan fingerprint density at radius 2 is 1.83 bits per heavy atom. The minimum absolute atomic E-state index is 0.132. The molecule has 0 aromatic carbocycles. The Morgan fingerprint density at radius 3 is 2.33 bits per heavy atom. The maximum Gasteiger partial charge on any atom is 0.224 e. The van der Waals surface area contributed by atoms with E-state index in [2.05, 4.69) is 4.72 Å². The molecule has 1 saturated carbocycles. The van der Waals surface area contributed by atoms with E-state index in [-0.39, 0.29) is 11.9 Å². The van der Waals surface area contributed by atoms with Gasteiger partial charge in [0.2, 0.25) is 10.0 Å². The monoisotopic (exact) mass is 192 g/mol. The lowest BCUT2D eigenvalue weighted by atomic mass is 9.96. The van der Waals surface area contributed by atoms with Crippen molar-refractivity contribution < 1.29 is 8.42 Å². The first-order valence-electron chi connectivity index (χ1n) is 4.34. The van der Waals surface area contributed by atoms with Gasteiger partial charge >= 0.3 is 0 Å². The second-order valence-electron chi connectivity index (χ2n) is 3.23. The average molecular weight is 192 g/mol. The first-order valence-corrected chi connectivity index (χ1v) is 5.99. The predicted molar refractivity (Wildman–Crippen MR) is 48.0 cm³/mol. The fraction of sp³-hybridized carbons (Fsp3) is 1.00. The standard InChI is InChI=1S/C7H16N2O2S/c8-6-12(10,11)9-7-4-2-1-3-5-7/h7,9H,1-6,8H2. The minimum Gasteiger partial charge on any atom is -0.317 e. The molecule has 0 saturated heterocycles. The smallest absolute Gasteiger partial charge is 0.224 e. The molecule has 0 unspecified atom stereocenters. The quantitative estimate of drug-likeness (QED) is 0.669. The highest BCUT2D eigenvalue weighted by Crippen LogP contribution is 2.17. The van der Waals surface area contributed by atoms with Crippen LogP contribution >= 0.6 is 0 Å². The van der Waals surface area contributed by atoms with Crippen LogP contribution in [0.4, 0.5) is 0 Å². The van der Waals surface area contributed by atoms with Crippen molar-refractivity contribution in [1.82, 2.24) is 4.72 Å². The Balaban J connectivity index is 2.39. The molecule has 0 atom stereocenters. The maximum absolute atomic E-state index is 11.0. The molecule has 3 N–H and O–H groups in total. The van der Waals surface area contributed by atoms with Crippen LogP contribution < -0.4 is 10.5 Å². The van der Waals surface area contributed by atoms with Gasteiger partial charge in [-0.2, -0.15) is 0 Å². The molecule has 0 spiro atoms. The van der Waals surface area contributed by atoms with Crippen LogP contribution in [0.25, 0.3) is 0 Å². The first kappa shape index (κ1) is 9.95. The summed E-state index contributed by atoms with van der Waals surface area (Å²) in [6, 6.07) is 0.132. The number of hydrogen-bond acceptors (Lipinski definition) is 3. The van der Waals surface area contributed by atoms with E-state index in [4.69, 9.17) is 5.73 Å². The van der Waals surface area contributed by atoms with E-state index >= 15 is 0 Å². The topological polar surface area (TPSA) is 72.2 Å². The van der Waals surface area contributed by atoms with Crippen molar-refractivity contribution in [1.29, 1.82) is 0 Å². The van der Waals surface area contributed by atoms with Gasteiger partial charge in [0, 0.05) is 6.04 Å². The van der Waals surface area contributed by atoms with Gasteiger partial charge in [0.15, 0.2) is 0 Å². The molecule has 1 aliphatic rings. The molecule has 1 rings (SSSR count). The molecule has 0 amide bonds. The van der Waals surface area contributed by atoms with Crippen LogP contribution in [-0.2, 0) is 10.0 Å². The maximum atomic E-state index is 11.0. The summed E-state index contributed by atoms with van der Waals surface area (Å²) in [4.78, 5) is 0. The largest absolute Gasteiger partial charge is 0.317 e. The van der Waals surface area contributed by atoms with Gasteiger partial charge < -0.3 is 5.73 Å². The van der Waals surface area contributed by atoms with Crippen LogP contribution in [0.5, 0.6) is 0 Å². The Kier molecular flexibility index (Phi) is 3.49. The fourth-order valence-electron chi connectivity index (χ4n) is 1.52. The number of nitrogens with two attached hydrogens (primary N) is 1. The molecule has 0 aromatic rings. The highest BCUT2D eigenvalue weighted by atomic mass is 32.2.